The highest BCUT2D eigenvalue weighted by atomic mass is 35.5. The molecule has 0 bridgehead atoms. The number of rotatable bonds is 2. The third-order valence-corrected chi connectivity index (χ3v) is 2.80. The molecule has 3 heterocycles. The number of hydrogen-bond acceptors (Lipinski definition) is 4. The van der Waals surface area contributed by atoms with Gasteiger partial charge in [0.15, 0.2) is 11.5 Å². The summed E-state index contributed by atoms with van der Waals surface area (Å²) in [6.07, 6.45) is 2.87. The van der Waals surface area contributed by atoms with Crippen molar-refractivity contribution in [3.8, 4) is 11.4 Å². The SMILES string of the molecule is O=C(O)c1ccc2nnc(-c3ccoc3Cl)n2c1. The highest BCUT2D eigenvalue weighted by molar-refractivity contribution is 6.31. The molecular formula is C11H6ClN3O3. The lowest BCUT2D eigenvalue weighted by Crippen LogP contribution is -1.99. The maximum Gasteiger partial charge on any atom is 0.337 e. The molecule has 0 aliphatic carbocycles. The molecule has 0 amide bonds. The van der Waals surface area contributed by atoms with Crippen molar-refractivity contribution in [1.29, 1.82) is 0 Å². The van der Waals surface area contributed by atoms with Crippen LogP contribution in [0.2, 0.25) is 5.22 Å². The summed E-state index contributed by atoms with van der Waals surface area (Å²) < 4.78 is 6.54. The molecule has 0 atom stereocenters. The number of hydrogen-bond donors (Lipinski definition) is 1. The van der Waals surface area contributed by atoms with E-state index in [1.165, 1.54) is 18.5 Å². The number of fused-ring (bicyclic) bond motifs is 1. The molecule has 3 aromatic heterocycles. The molecule has 3 aromatic rings. The fourth-order valence-corrected chi connectivity index (χ4v) is 1.85. The Morgan fingerprint density at radius 3 is 2.83 bits per heavy atom. The van der Waals surface area contributed by atoms with E-state index in [0.29, 0.717) is 17.0 Å². The molecule has 0 aliphatic rings. The molecule has 0 spiro atoms. The van der Waals surface area contributed by atoms with E-state index in [4.69, 9.17) is 21.1 Å². The zero-order valence-corrected chi connectivity index (χ0v) is 9.63. The van der Waals surface area contributed by atoms with Crippen molar-refractivity contribution in [3.05, 3.63) is 41.4 Å². The largest absolute Gasteiger partial charge is 0.478 e. The average molecular weight is 264 g/mol. The number of halogens is 1. The van der Waals surface area contributed by atoms with Crippen molar-refractivity contribution in [2.24, 2.45) is 0 Å². The molecule has 0 saturated heterocycles. The fourth-order valence-electron chi connectivity index (χ4n) is 1.65. The Morgan fingerprint density at radius 1 is 1.33 bits per heavy atom. The number of carboxylic acid groups (broad SMARTS) is 1. The van der Waals surface area contributed by atoms with Gasteiger partial charge in [-0.25, -0.2) is 4.79 Å². The molecule has 0 fully saturated rings. The van der Waals surface area contributed by atoms with E-state index in [2.05, 4.69) is 10.2 Å². The van der Waals surface area contributed by atoms with Crippen molar-refractivity contribution < 1.29 is 14.3 Å². The lowest BCUT2D eigenvalue weighted by molar-refractivity contribution is 0.0696. The van der Waals surface area contributed by atoms with Crippen LogP contribution in [-0.4, -0.2) is 25.7 Å². The highest BCUT2D eigenvalue weighted by Crippen LogP contribution is 2.27. The van der Waals surface area contributed by atoms with Crippen LogP contribution in [0.3, 0.4) is 0 Å². The zero-order chi connectivity index (χ0) is 12.7. The van der Waals surface area contributed by atoms with Gasteiger partial charge in [-0.05, 0) is 29.8 Å². The number of nitrogens with zero attached hydrogens (tertiary/aromatic N) is 3. The Balaban J connectivity index is 2.27. The van der Waals surface area contributed by atoms with Gasteiger partial charge in [-0.2, -0.15) is 0 Å². The Labute approximate surface area is 105 Å². The normalized spacial score (nSPS) is 10.9. The predicted octanol–water partition coefficient (Wildman–Crippen LogP) is 2.34. The van der Waals surface area contributed by atoms with Crippen molar-refractivity contribution >= 4 is 23.2 Å². The summed E-state index contributed by atoms with van der Waals surface area (Å²) in [6.45, 7) is 0. The van der Waals surface area contributed by atoms with Gasteiger partial charge in [0, 0.05) is 6.20 Å². The van der Waals surface area contributed by atoms with Crippen molar-refractivity contribution in [2.45, 2.75) is 0 Å². The van der Waals surface area contributed by atoms with Crippen LogP contribution in [0, 0.1) is 0 Å². The van der Waals surface area contributed by atoms with E-state index < -0.39 is 5.97 Å². The minimum atomic E-state index is -1.02. The van der Waals surface area contributed by atoms with E-state index in [0.717, 1.165) is 0 Å². The first-order valence-corrected chi connectivity index (χ1v) is 5.36. The Hall–Kier alpha value is -2.34. The topological polar surface area (TPSA) is 80.6 Å². The summed E-state index contributed by atoms with van der Waals surface area (Å²) in [5.41, 5.74) is 1.24. The minimum absolute atomic E-state index is 0.142. The van der Waals surface area contributed by atoms with E-state index in [-0.39, 0.29) is 10.8 Å². The van der Waals surface area contributed by atoms with E-state index in [1.807, 2.05) is 0 Å². The molecule has 0 radical (unpaired) electrons. The first kappa shape index (κ1) is 10.8. The van der Waals surface area contributed by atoms with Crippen LogP contribution in [0.15, 0.2) is 35.1 Å². The number of aromatic nitrogens is 3. The number of pyridine rings is 1. The van der Waals surface area contributed by atoms with Crippen molar-refractivity contribution in [3.63, 3.8) is 0 Å². The van der Waals surface area contributed by atoms with Gasteiger partial charge in [-0.1, -0.05) is 0 Å². The van der Waals surface area contributed by atoms with Gasteiger partial charge in [0.25, 0.3) is 0 Å². The van der Waals surface area contributed by atoms with Crippen LogP contribution in [0.1, 0.15) is 10.4 Å². The monoisotopic (exact) mass is 263 g/mol. The van der Waals surface area contributed by atoms with Gasteiger partial charge in [0.1, 0.15) is 0 Å². The van der Waals surface area contributed by atoms with Crippen LogP contribution in [0.4, 0.5) is 0 Å². The number of carboxylic acids is 1. The molecular weight excluding hydrogens is 258 g/mol. The van der Waals surface area contributed by atoms with E-state index in [9.17, 15) is 4.79 Å². The summed E-state index contributed by atoms with van der Waals surface area (Å²) >= 11 is 5.87. The molecule has 0 aromatic carbocycles. The lowest BCUT2D eigenvalue weighted by atomic mass is 10.2. The number of furan rings is 1. The van der Waals surface area contributed by atoms with Crippen molar-refractivity contribution in [1.82, 2.24) is 14.6 Å². The standard InChI is InChI=1S/C11H6ClN3O3/c12-9-7(3-4-18-9)10-14-13-8-2-1-6(11(16)17)5-15(8)10/h1-5H,(H,16,17). The molecule has 1 N–H and O–H groups in total. The first-order chi connectivity index (χ1) is 8.66. The summed E-state index contributed by atoms with van der Waals surface area (Å²) in [7, 11) is 0. The smallest absolute Gasteiger partial charge is 0.337 e. The third-order valence-electron chi connectivity index (χ3n) is 2.51. The molecule has 18 heavy (non-hydrogen) atoms. The molecule has 0 unspecified atom stereocenters. The Bertz CT molecular complexity index is 747. The molecule has 0 aliphatic heterocycles. The summed E-state index contributed by atoms with van der Waals surface area (Å²) in [4.78, 5) is 10.9. The van der Waals surface area contributed by atoms with Gasteiger partial charge < -0.3 is 9.52 Å². The van der Waals surface area contributed by atoms with E-state index in [1.54, 1.807) is 16.5 Å². The fraction of sp³-hybridized carbons (Fsp3) is 0. The van der Waals surface area contributed by atoms with Crippen LogP contribution < -0.4 is 0 Å². The van der Waals surface area contributed by atoms with Gasteiger partial charge >= 0.3 is 5.97 Å². The van der Waals surface area contributed by atoms with Gasteiger partial charge in [0.05, 0.1) is 17.4 Å². The molecule has 3 rings (SSSR count). The molecule has 7 heteroatoms. The van der Waals surface area contributed by atoms with Crippen LogP contribution in [-0.2, 0) is 0 Å². The molecule has 90 valence electrons. The maximum absolute atomic E-state index is 10.9. The second-order valence-corrected chi connectivity index (χ2v) is 3.93. The maximum atomic E-state index is 10.9. The highest BCUT2D eigenvalue weighted by Gasteiger charge is 2.15. The van der Waals surface area contributed by atoms with Crippen LogP contribution in [0.25, 0.3) is 17.0 Å². The molecule has 0 saturated carbocycles. The second kappa shape index (κ2) is 3.85. The summed E-state index contributed by atoms with van der Waals surface area (Å²) in [5.74, 6) is -0.582. The molecule has 6 nitrogen and oxygen atoms in total. The van der Waals surface area contributed by atoms with E-state index >= 15 is 0 Å². The van der Waals surface area contributed by atoms with Crippen molar-refractivity contribution in [2.75, 3.05) is 0 Å². The number of carbonyl (C=O) groups is 1. The minimum Gasteiger partial charge on any atom is -0.478 e. The third kappa shape index (κ3) is 1.54. The second-order valence-electron chi connectivity index (χ2n) is 3.58. The van der Waals surface area contributed by atoms with Crippen LogP contribution >= 0.6 is 11.6 Å². The number of aromatic carboxylic acids is 1. The quantitative estimate of drug-likeness (QED) is 0.767. The van der Waals surface area contributed by atoms with Gasteiger partial charge in [-0.15, -0.1) is 10.2 Å². The Morgan fingerprint density at radius 2 is 2.17 bits per heavy atom. The first-order valence-electron chi connectivity index (χ1n) is 4.98. The summed E-state index contributed by atoms with van der Waals surface area (Å²) in [6, 6.07) is 4.69. The zero-order valence-electron chi connectivity index (χ0n) is 8.87. The Kier molecular flexibility index (Phi) is 2.31. The summed E-state index contributed by atoms with van der Waals surface area (Å²) in [5, 5.41) is 17.1. The lowest BCUT2D eigenvalue weighted by Gasteiger charge is -1.99. The van der Waals surface area contributed by atoms with Gasteiger partial charge in [0.2, 0.25) is 5.22 Å². The van der Waals surface area contributed by atoms with Gasteiger partial charge in [-0.3, -0.25) is 4.40 Å². The predicted molar refractivity (Wildman–Crippen MR) is 62.7 cm³/mol. The van der Waals surface area contributed by atoms with Crippen LogP contribution in [0.5, 0.6) is 0 Å². The average Bonchev–Trinajstić information content (AvgIpc) is 2.93.